The Hall–Kier alpha value is -3.32. The van der Waals surface area contributed by atoms with Crippen molar-refractivity contribution in [3.05, 3.63) is 76.2 Å². The standard InChI is InChI=1S/C25H25N5OS/c31-25(30-13-3-6-22(30)24-27-20-4-1-2-5-21(20)28-24)26-18-7-9-19(10-8-18)29-14-11-23-17(16-29)12-15-32-23/h1-2,4-5,7-10,12,15,22H,3,6,11,13-14,16H2,(H,26,31)(H,27,28). The van der Waals surface area contributed by atoms with Crippen molar-refractivity contribution in [3.63, 3.8) is 0 Å². The second-order valence-electron chi connectivity index (χ2n) is 8.51. The fourth-order valence-electron chi connectivity index (χ4n) is 4.84. The monoisotopic (exact) mass is 443 g/mol. The summed E-state index contributed by atoms with van der Waals surface area (Å²) < 4.78 is 0. The van der Waals surface area contributed by atoms with Gasteiger partial charge in [0.1, 0.15) is 5.82 Å². The first kappa shape index (κ1) is 19.4. The van der Waals surface area contributed by atoms with Crippen molar-refractivity contribution in [1.82, 2.24) is 14.9 Å². The summed E-state index contributed by atoms with van der Waals surface area (Å²) in [7, 11) is 0. The molecular formula is C25H25N5OS. The number of benzene rings is 2. The molecule has 0 saturated carbocycles. The summed E-state index contributed by atoms with van der Waals surface area (Å²) in [5.41, 5.74) is 5.41. The van der Waals surface area contributed by atoms with Crippen molar-refractivity contribution in [2.24, 2.45) is 0 Å². The Morgan fingerprint density at radius 1 is 1.09 bits per heavy atom. The van der Waals surface area contributed by atoms with Crippen molar-refractivity contribution in [1.29, 1.82) is 0 Å². The maximum Gasteiger partial charge on any atom is 0.322 e. The molecule has 162 valence electrons. The lowest BCUT2D eigenvalue weighted by molar-refractivity contribution is 0.205. The number of aromatic nitrogens is 2. The van der Waals surface area contributed by atoms with E-state index in [0.29, 0.717) is 0 Å². The van der Waals surface area contributed by atoms with E-state index < -0.39 is 0 Å². The number of thiophene rings is 1. The zero-order valence-electron chi connectivity index (χ0n) is 17.8. The number of amides is 2. The number of aromatic amines is 1. The Labute approximate surface area is 190 Å². The van der Waals surface area contributed by atoms with Gasteiger partial charge >= 0.3 is 6.03 Å². The summed E-state index contributed by atoms with van der Waals surface area (Å²) in [5, 5.41) is 5.27. The Morgan fingerprint density at radius 3 is 2.84 bits per heavy atom. The molecule has 0 radical (unpaired) electrons. The predicted molar refractivity (Wildman–Crippen MR) is 129 cm³/mol. The summed E-state index contributed by atoms with van der Waals surface area (Å²) in [6.07, 6.45) is 3.00. The van der Waals surface area contributed by atoms with Crippen molar-refractivity contribution in [2.45, 2.75) is 31.8 Å². The lowest BCUT2D eigenvalue weighted by Crippen LogP contribution is -2.34. The van der Waals surface area contributed by atoms with E-state index >= 15 is 0 Å². The first-order valence-corrected chi connectivity index (χ1v) is 12.0. The molecule has 1 fully saturated rings. The fourth-order valence-corrected chi connectivity index (χ4v) is 5.73. The minimum Gasteiger partial charge on any atom is -0.367 e. The minimum absolute atomic E-state index is 0.0187. The maximum atomic E-state index is 13.1. The van der Waals surface area contributed by atoms with Crippen LogP contribution in [0.1, 0.15) is 35.1 Å². The van der Waals surface area contributed by atoms with Gasteiger partial charge in [-0.2, -0.15) is 0 Å². The summed E-state index contributed by atoms with van der Waals surface area (Å²) in [6.45, 7) is 2.73. The molecule has 6 nitrogen and oxygen atoms in total. The van der Waals surface area contributed by atoms with E-state index in [2.05, 4.69) is 38.8 Å². The van der Waals surface area contributed by atoms with Crippen molar-refractivity contribution >= 4 is 39.8 Å². The van der Waals surface area contributed by atoms with Gasteiger partial charge in [-0.05, 0) is 72.7 Å². The second kappa shape index (κ2) is 7.98. The van der Waals surface area contributed by atoms with Crippen LogP contribution in [-0.2, 0) is 13.0 Å². The second-order valence-corrected chi connectivity index (χ2v) is 9.51. The molecular weight excluding hydrogens is 418 g/mol. The van der Waals surface area contributed by atoms with Crippen LogP contribution in [0.2, 0.25) is 0 Å². The number of fused-ring (bicyclic) bond motifs is 2. The average molecular weight is 444 g/mol. The summed E-state index contributed by atoms with van der Waals surface area (Å²) in [6, 6.07) is 18.4. The number of likely N-dealkylation sites (tertiary alicyclic amines) is 1. The number of carbonyl (C=O) groups is 1. The van der Waals surface area contributed by atoms with Crippen LogP contribution in [0.5, 0.6) is 0 Å². The molecule has 2 aliphatic heterocycles. The van der Waals surface area contributed by atoms with Gasteiger partial charge in [0.2, 0.25) is 0 Å². The Balaban J connectivity index is 1.14. The number of anilines is 2. The number of carbonyl (C=O) groups excluding carboxylic acids is 1. The Bertz CT molecular complexity index is 1230. The maximum absolute atomic E-state index is 13.1. The number of hydrogen-bond donors (Lipinski definition) is 2. The van der Waals surface area contributed by atoms with Crippen LogP contribution in [0.4, 0.5) is 16.2 Å². The largest absolute Gasteiger partial charge is 0.367 e. The number of hydrogen-bond acceptors (Lipinski definition) is 4. The van der Waals surface area contributed by atoms with Gasteiger partial charge in [-0.1, -0.05) is 12.1 Å². The molecule has 2 amide bonds. The SMILES string of the molecule is O=C(Nc1ccc(N2CCc3sccc3C2)cc1)N1CCCC1c1nc2ccccc2[nH]1. The lowest BCUT2D eigenvalue weighted by Gasteiger charge is -2.29. The van der Waals surface area contributed by atoms with E-state index in [1.807, 2.05) is 52.6 Å². The minimum atomic E-state index is -0.0680. The Morgan fingerprint density at radius 2 is 1.97 bits per heavy atom. The molecule has 0 bridgehead atoms. The molecule has 0 aliphatic carbocycles. The smallest absolute Gasteiger partial charge is 0.322 e. The van der Waals surface area contributed by atoms with Crippen molar-refractivity contribution in [3.8, 4) is 0 Å². The zero-order valence-corrected chi connectivity index (χ0v) is 18.6. The molecule has 1 unspecified atom stereocenters. The zero-order chi connectivity index (χ0) is 21.5. The van der Waals surface area contributed by atoms with Gasteiger partial charge in [0.15, 0.2) is 0 Å². The normalized spacial score (nSPS) is 18.2. The van der Waals surface area contributed by atoms with Crippen molar-refractivity contribution < 1.29 is 4.79 Å². The first-order chi connectivity index (χ1) is 15.7. The quantitative estimate of drug-likeness (QED) is 0.436. The van der Waals surface area contributed by atoms with Gasteiger partial charge < -0.3 is 20.1 Å². The molecule has 2 aromatic carbocycles. The van der Waals surface area contributed by atoms with E-state index in [1.165, 1.54) is 16.1 Å². The van der Waals surface area contributed by atoms with Gasteiger partial charge in [-0.25, -0.2) is 9.78 Å². The number of nitrogens with one attached hydrogen (secondary N) is 2. The highest BCUT2D eigenvalue weighted by molar-refractivity contribution is 7.10. The number of rotatable bonds is 3. The summed E-state index contributed by atoms with van der Waals surface area (Å²) in [4.78, 5) is 27.0. The van der Waals surface area contributed by atoms with Gasteiger partial charge in [0.25, 0.3) is 0 Å². The predicted octanol–water partition coefficient (Wildman–Crippen LogP) is 5.56. The van der Waals surface area contributed by atoms with Gasteiger partial charge in [0, 0.05) is 35.9 Å². The Kier molecular flexibility index (Phi) is 4.83. The highest BCUT2D eigenvalue weighted by atomic mass is 32.1. The summed E-state index contributed by atoms with van der Waals surface area (Å²) in [5.74, 6) is 0.868. The number of H-pyrrole nitrogens is 1. The lowest BCUT2D eigenvalue weighted by atomic mass is 10.1. The molecule has 4 aromatic rings. The number of para-hydroxylation sites is 2. The third-order valence-corrected chi connectivity index (χ3v) is 7.55. The van der Waals surface area contributed by atoms with Crippen LogP contribution < -0.4 is 10.2 Å². The third kappa shape index (κ3) is 3.52. The van der Waals surface area contributed by atoms with Crippen LogP contribution in [0.3, 0.4) is 0 Å². The third-order valence-electron chi connectivity index (χ3n) is 6.53. The van der Waals surface area contributed by atoms with Crippen LogP contribution in [0.25, 0.3) is 11.0 Å². The van der Waals surface area contributed by atoms with Crippen molar-refractivity contribution in [2.75, 3.05) is 23.3 Å². The van der Waals surface area contributed by atoms with Crippen LogP contribution in [-0.4, -0.2) is 34.0 Å². The van der Waals surface area contributed by atoms with E-state index in [-0.39, 0.29) is 12.1 Å². The first-order valence-electron chi connectivity index (χ1n) is 11.2. The molecule has 4 heterocycles. The molecule has 7 heteroatoms. The number of nitrogens with zero attached hydrogens (tertiary/aromatic N) is 3. The molecule has 1 atom stereocenters. The van der Waals surface area contributed by atoms with Crippen LogP contribution >= 0.6 is 11.3 Å². The molecule has 32 heavy (non-hydrogen) atoms. The van der Waals surface area contributed by atoms with Gasteiger partial charge in [-0.15, -0.1) is 11.3 Å². The molecule has 6 rings (SSSR count). The topological polar surface area (TPSA) is 64.3 Å². The van der Waals surface area contributed by atoms with Crippen LogP contribution in [0, 0.1) is 0 Å². The van der Waals surface area contributed by atoms with Crippen LogP contribution in [0.15, 0.2) is 60.0 Å². The molecule has 2 N–H and O–H groups in total. The molecule has 0 spiro atoms. The van der Waals surface area contributed by atoms with E-state index in [4.69, 9.17) is 4.98 Å². The molecule has 1 saturated heterocycles. The van der Waals surface area contributed by atoms with E-state index in [1.54, 1.807) is 0 Å². The number of imidazole rings is 1. The van der Waals surface area contributed by atoms with Gasteiger partial charge in [0.05, 0.1) is 17.1 Å². The fraction of sp³-hybridized carbons (Fsp3) is 0.280. The average Bonchev–Trinajstić information content (AvgIpc) is 3.57. The molecule has 2 aromatic heterocycles. The highest BCUT2D eigenvalue weighted by Crippen LogP contribution is 2.32. The number of urea groups is 1. The van der Waals surface area contributed by atoms with E-state index in [0.717, 1.165) is 61.4 Å². The summed E-state index contributed by atoms with van der Waals surface area (Å²) >= 11 is 1.86. The van der Waals surface area contributed by atoms with E-state index in [9.17, 15) is 4.79 Å². The van der Waals surface area contributed by atoms with Gasteiger partial charge in [-0.3, -0.25) is 0 Å². The molecule has 2 aliphatic rings. The highest BCUT2D eigenvalue weighted by Gasteiger charge is 2.32.